The number of aromatic hydroxyl groups is 1. The monoisotopic (exact) mass is 371 g/mol. The Balaban J connectivity index is 2.54. The van der Waals surface area contributed by atoms with Gasteiger partial charge < -0.3 is 19.6 Å². The highest BCUT2D eigenvalue weighted by molar-refractivity contribution is 5.85. The zero-order valence-corrected chi connectivity index (χ0v) is 14.6. The standard InChI is InChI=1S/C18H20F3NO4/c1-4-12(17(24)25-3)22-16-14(15(23)13(5-2)26-16)10-7-6-8-11(9-10)18(19,20)21/h6-9,12,22-23H,4-5H2,1-3H3. The molecule has 1 heterocycles. The molecule has 5 nitrogen and oxygen atoms in total. The van der Waals surface area contributed by atoms with Crippen molar-refractivity contribution in [3.63, 3.8) is 0 Å². The van der Waals surface area contributed by atoms with Gasteiger partial charge in [0.1, 0.15) is 11.8 Å². The van der Waals surface area contributed by atoms with Crippen LogP contribution in [0, 0.1) is 0 Å². The van der Waals surface area contributed by atoms with E-state index in [4.69, 9.17) is 9.15 Å². The van der Waals surface area contributed by atoms with E-state index in [1.807, 2.05) is 0 Å². The van der Waals surface area contributed by atoms with E-state index in [1.54, 1.807) is 13.8 Å². The van der Waals surface area contributed by atoms with E-state index < -0.39 is 23.8 Å². The van der Waals surface area contributed by atoms with E-state index in [1.165, 1.54) is 19.2 Å². The van der Waals surface area contributed by atoms with E-state index in [2.05, 4.69) is 5.32 Å². The molecule has 0 amide bonds. The summed E-state index contributed by atoms with van der Waals surface area (Å²) in [6.07, 6.45) is -3.83. The van der Waals surface area contributed by atoms with Crippen molar-refractivity contribution >= 4 is 11.9 Å². The second-order valence-corrected chi connectivity index (χ2v) is 5.64. The number of furan rings is 1. The van der Waals surface area contributed by atoms with Crippen LogP contribution >= 0.6 is 0 Å². The second kappa shape index (κ2) is 7.72. The maximum Gasteiger partial charge on any atom is 0.416 e. The fourth-order valence-electron chi connectivity index (χ4n) is 2.56. The summed E-state index contributed by atoms with van der Waals surface area (Å²) < 4.78 is 49.3. The molecule has 2 rings (SSSR count). The number of halogens is 3. The molecule has 0 aliphatic rings. The number of hydrogen-bond donors (Lipinski definition) is 2. The van der Waals surface area contributed by atoms with Crippen molar-refractivity contribution in [1.29, 1.82) is 0 Å². The molecule has 0 aliphatic carbocycles. The SMILES string of the molecule is CCc1oc(NC(CC)C(=O)OC)c(-c2cccc(C(F)(F)F)c2)c1O. The Bertz CT molecular complexity index is 783. The third-order valence-electron chi connectivity index (χ3n) is 3.95. The van der Waals surface area contributed by atoms with E-state index in [0.29, 0.717) is 12.8 Å². The van der Waals surface area contributed by atoms with Crippen LogP contribution in [0.25, 0.3) is 11.1 Å². The number of anilines is 1. The number of rotatable bonds is 6. The minimum atomic E-state index is -4.52. The molecule has 0 spiro atoms. The summed E-state index contributed by atoms with van der Waals surface area (Å²) in [5, 5.41) is 13.2. The van der Waals surface area contributed by atoms with Gasteiger partial charge in [0.2, 0.25) is 5.88 Å². The first-order valence-electron chi connectivity index (χ1n) is 8.09. The molecule has 1 unspecified atom stereocenters. The van der Waals surface area contributed by atoms with Crippen LogP contribution in [0.2, 0.25) is 0 Å². The Kier molecular flexibility index (Phi) is 5.84. The third-order valence-corrected chi connectivity index (χ3v) is 3.95. The summed E-state index contributed by atoms with van der Waals surface area (Å²) in [5.41, 5.74) is -0.641. The van der Waals surface area contributed by atoms with Gasteiger partial charge in [0.15, 0.2) is 5.75 Å². The first kappa shape index (κ1) is 19.7. The Labute approximate surface area is 148 Å². The predicted octanol–water partition coefficient (Wildman–Crippen LogP) is 4.60. The molecule has 0 bridgehead atoms. The summed E-state index contributed by atoms with van der Waals surface area (Å²) in [6, 6.07) is 3.78. The summed E-state index contributed by atoms with van der Waals surface area (Å²) in [6.45, 7) is 3.47. The molecule has 0 fully saturated rings. The van der Waals surface area contributed by atoms with Gasteiger partial charge in [0.05, 0.1) is 18.2 Å². The minimum Gasteiger partial charge on any atom is -0.504 e. The van der Waals surface area contributed by atoms with Crippen LogP contribution in [0.15, 0.2) is 28.7 Å². The van der Waals surface area contributed by atoms with E-state index in [9.17, 15) is 23.1 Å². The predicted molar refractivity (Wildman–Crippen MR) is 89.9 cm³/mol. The molecule has 26 heavy (non-hydrogen) atoms. The Morgan fingerprint density at radius 2 is 2.04 bits per heavy atom. The van der Waals surface area contributed by atoms with Crippen LogP contribution < -0.4 is 5.32 Å². The number of alkyl halides is 3. The minimum absolute atomic E-state index is 0.0240. The number of carbonyl (C=O) groups excluding carboxylic acids is 1. The lowest BCUT2D eigenvalue weighted by Crippen LogP contribution is -2.29. The smallest absolute Gasteiger partial charge is 0.416 e. The number of methoxy groups -OCH3 is 1. The number of ether oxygens (including phenoxy) is 1. The van der Waals surface area contributed by atoms with Crippen molar-refractivity contribution in [1.82, 2.24) is 0 Å². The van der Waals surface area contributed by atoms with Crippen molar-refractivity contribution in [3.05, 3.63) is 35.6 Å². The zero-order chi connectivity index (χ0) is 19.5. The lowest BCUT2D eigenvalue weighted by Gasteiger charge is -2.15. The summed E-state index contributed by atoms with van der Waals surface area (Å²) in [7, 11) is 1.23. The highest BCUT2D eigenvalue weighted by Gasteiger charge is 2.32. The fourth-order valence-corrected chi connectivity index (χ4v) is 2.56. The first-order chi connectivity index (χ1) is 12.2. The largest absolute Gasteiger partial charge is 0.504 e. The van der Waals surface area contributed by atoms with Crippen molar-refractivity contribution in [3.8, 4) is 16.9 Å². The topological polar surface area (TPSA) is 71.7 Å². The fraction of sp³-hybridized carbons (Fsp3) is 0.389. The lowest BCUT2D eigenvalue weighted by atomic mass is 10.0. The average molecular weight is 371 g/mol. The van der Waals surface area contributed by atoms with Gasteiger partial charge in [-0.15, -0.1) is 0 Å². The molecule has 0 radical (unpaired) electrons. The van der Waals surface area contributed by atoms with Gasteiger partial charge in [-0.05, 0) is 24.1 Å². The summed E-state index contributed by atoms with van der Waals surface area (Å²) >= 11 is 0. The van der Waals surface area contributed by atoms with E-state index in [-0.39, 0.29) is 28.5 Å². The number of nitrogens with one attached hydrogen (secondary N) is 1. The van der Waals surface area contributed by atoms with Gasteiger partial charge in [0, 0.05) is 6.42 Å². The van der Waals surface area contributed by atoms with Crippen LogP contribution in [-0.4, -0.2) is 24.2 Å². The van der Waals surface area contributed by atoms with E-state index in [0.717, 1.165) is 12.1 Å². The Morgan fingerprint density at radius 1 is 1.35 bits per heavy atom. The van der Waals surface area contributed by atoms with E-state index >= 15 is 0 Å². The van der Waals surface area contributed by atoms with Gasteiger partial charge >= 0.3 is 12.1 Å². The maximum atomic E-state index is 13.0. The molecule has 2 aromatic rings. The number of esters is 1. The second-order valence-electron chi connectivity index (χ2n) is 5.64. The molecule has 2 N–H and O–H groups in total. The molecule has 1 aromatic heterocycles. The van der Waals surface area contributed by atoms with Crippen LogP contribution in [-0.2, 0) is 22.1 Å². The zero-order valence-electron chi connectivity index (χ0n) is 14.6. The molecule has 1 aromatic carbocycles. The van der Waals surface area contributed by atoms with Crippen LogP contribution in [0.1, 0.15) is 31.6 Å². The molecule has 8 heteroatoms. The summed E-state index contributed by atoms with van der Waals surface area (Å²) in [5.74, 6) is -0.568. The van der Waals surface area contributed by atoms with Gasteiger partial charge in [-0.1, -0.05) is 26.0 Å². The Morgan fingerprint density at radius 3 is 2.58 bits per heavy atom. The van der Waals surface area contributed by atoms with Crippen LogP contribution in [0.4, 0.5) is 19.1 Å². The van der Waals surface area contributed by atoms with Crippen LogP contribution in [0.5, 0.6) is 5.75 Å². The van der Waals surface area contributed by atoms with Gasteiger partial charge in [-0.2, -0.15) is 13.2 Å². The van der Waals surface area contributed by atoms with Crippen molar-refractivity contribution in [2.45, 2.75) is 38.9 Å². The van der Waals surface area contributed by atoms with Crippen molar-refractivity contribution in [2.75, 3.05) is 12.4 Å². The molecule has 0 saturated heterocycles. The maximum absolute atomic E-state index is 13.0. The third kappa shape index (κ3) is 3.95. The first-order valence-corrected chi connectivity index (χ1v) is 8.09. The number of aryl methyl sites for hydroxylation is 1. The van der Waals surface area contributed by atoms with Gasteiger partial charge in [-0.25, -0.2) is 4.79 Å². The molecule has 0 saturated carbocycles. The molecule has 142 valence electrons. The number of carbonyl (C=O) groups is 1. The van der Waals surface area contributed by atoms with Crippen LogP contribution in [0.3, 0.4) is 0 Å². The Hall–Kier alpha value is -2.64. The molecular formula is C18H20F3NO4. The van der Waals surface area contributed by atoms with Crippen molar-refractivity contribution in [2.24, 2.45) is 0 Å². The lowest BCUT2D eigenvalue weighted by molar-refractivity contribution is -0.141. The molecular weight excluding hydrogens is 351 g/mol. The normalized spacial score (nSPS) is 12.7. The number of benzene rings is 1. The average Bonchev–Trinajstić information content (AvgIpc) is 2.93. The quantitative estimate of drug-likeness (QED) is 0.727. The number of hydrogen-bond acceptors (Lipinski definition) is 5. The molecule has 0 aliphatic heterocycles. The highest BCUT2D eigenvalue weighted by atomic mass is 19.4. The highest BCUT2D eigenvalue weighted by Crippen LogP contribution is 2.43. The van der Waals surface area contributed by atoms with Crippen molar-refractivity contribution < 1.29 is 32.2 Å². The molecule has 1 atom stereocenters. The van der Waals surface area contributed by atoms with Gasteiger partial charge in [-0.3, -0.25) is 0 Å². The summed E-state index contributed by atoms with van der Waals surface area (Å²) in [4.78, 5) is 11.8. The van der Waals surface area contributed by atoms with Gasteiger partial charge in [0.25, 0.3) is 0 Å².